The van der Waals surface area contributed by atoms with Crippen molar-refractivity contribution in [3.63, 3.8) is 0 Å². The number of para-hydroxylation sites is 2. The van der Waals surface area contributed by atoms with E-state index in [2.05, 4.69) is 22.5 Å². The van der Waals surface area contributed by atoms with Crippen LogP contribution in [0.4, 0.5) is 5.82 Å². The van der Waals surface area contributed by atoms with E-state index in [1.807, 2.05) is 60.7 Å². The van der Waals surface area contributed by atoms with E-state index in [4.69, 9.17) is 9.72 Å². The van der Waals surface area contributed by atoms with Gasteiger partial charge in [0.25, 0.3) is 11.5 Å². The molecule has 8 nitrogen and oxygen atoms in total. The number of H-pyrrole nitrogens is 1. The van der Waals surface area contributed by atoms with Gasteiger partial charge in [-0.15, -0.1) is 0 Å². The predicted octanol–water partition coefficient (Wildman–Crippen LogP) is 4.78. The topological polar surface area (TPSA) is 106 Å². The lowest BCUT2D eigenvalue weighted by Crippen LogP contribution is -2.24. The number of nitrogens with one attached hydrogen (secondary N) is 2. The molecule has 3 aromatic carbocycles. The highest BCUT2D eigenvalue weighted by atomic mass is 16.5. The van der Waals surface area contributed by atoms with Crippen LogP contribution in [0.5, 0.6) is 0 Å². The molecule has 0 saturated carbocycles. The maximum Gasteiger partial charge on any atom is 0.339 e. The van der Waals surface area contributed by atoms with Gasteiger partial charge in [0.2, 0.25) is 0 Å². The van der Waals surface area contributed by atoms with Crippen LogP contribution in [-0.4, -0.2) is 33.2 Å². The summed E-state index contributed by atoms with van der Waals surface area (Å²) in [5, 5.41) is 6.17. The van der Waals surface area contributed by atoms with Crippen LogP contribution in [0.15, 0.2) is 95.8 Å². The number of carbonyl (C=O) groups is 2. The molecule has 5 aromatic rings. The van der Waals surface area contributed by atoms with Crippen molar-refractivity contribution in [3.8, 4) is 5.69 Å². The Hall–Kier alpha value is -4.98. The summed E-state index contributed by atoms with van der Waals surface area (Å²) in [5.74, 6) is -0.646. The van der Waals surface area contributed by atoms with E-state index in [1.54, 1.807) is 12.1 Å². The van der Waals surface area contributed by atoms with Crippen molar-refractivity contribution in [2.45, 2.75) is 25.2 Å². The molecule has 0 saturated heterocycles. The zero-order valence-corrected chi connectivity index (χ0v) is 21.1. The van der Waals surface area contributed by atoms with Gasteiger partial charge < -0.3 is 10.1 Å². The van der Waals surface area contributed by atoms with Gasteiger partial charge in [-0.1, -0.05) is 66.7 Å². The standard InChI is InChI=1S/C31H26N4O4/c36-28(33-27-18-29(37)35(34-27)22-11-5-2-6-12-22)19-39-31(38)30-23-13-7-8-14-25(23)32-26-16-15-21(17-24(26)30)20-9-3-1-4-10-20/h1-14,18,21,34H,15-17,19H2,(H,33,36). The molecule has 0 aliphatic heterocycles. The summed E-state index contributed by atoms with van der Waals surface area (Å²) in [6.45, 7) is -0.495. The largest absolute Gasteiger partial charge is 0.452 e. The summed E-state index contributed by atoms with van der Waals surface area (Å²) in [6, 6.07) is 28.1. The highest BCUT2D eigenvalue weighted by Crippen LogP contribution is 2.36. The SMILES string of the molecule is O=C(COC(=O)c1c2c(nc3ccccc13)CCC(c1ccccc1)C2)Nc1cc(=O)n(-c2ccccc2)[nH]1. The van der Waals surface area contributed by atoms with E-state index in [9.17, 15) is 14.4 Å². The monoisotopic (exact) mass is 518 g/mol. The molecule has 0 fully saturated rings. The van der Waals surface area contributed by atoms with Gasteiger partial charge in [-0.3, -0.25) is 19.7 Å². The number of pyridine rings is 1. The molecule has 1 amide bonds. The van der Waals surface area contributed by atoms with Crippen LogP contribution < -0.4 is 10.9 Å². The number of benzene rings is 3. The molecular weight excluding hydrogens is 492 g/mol. The van der Waals surface area contributed by atoms with Crippen LogP contribution in [0.1, 0.15) is 39.5 Å². The molecule has 1 aliphatic carbocycles. The van der Waals surface area contributed by atoms with E-state index in [1.165, 1.54) is 16.3 Å². The van der Waals surface area contributed by atoms with Crippen LogP contribution in [0, 0.1) is 0 Å². The number of aromatic nitrogens is 3. The number of nitrogens with zero attached hydrogens (tertiary/aromatic N) is 2. The van der Waals surface area contributed by atoms with E-state index in [-0.39, 0.29) is 17.3 Å². The molecule has 0 bridgehead atoms. The smallest absolute Gasteiger partial charge is 0.339 e. The van der Waals surface area contributed by atoms with Crippen molar-refractivity contribution in [1.29, 1.82) is 0 Å². The molecule has 2 aromatic heterocycles. The zero-order chi connectivity index (χ0) is 26.8. The lowest BCUT2D eigenvalue weighted by Gasteiger charge is -2.26. The summed E-state index contributed by atoms with van der Waals surface area (Å²) < 4.78 is 6.84. The third-order valence-corrected chi connectivity index (χ3v) is 7.08. The summed E-state index contributed by atoms with van der Waals surface area (Å²) >= 11 is 0. The number of amides is 1. The van der Waals surface area contributed by atoms with Gasteiger partial charge in [0.05, 0.1) is 16.8 Å². The zero-order valence-electron chi connectivity index (χ0n) is 21.1. The molecule has 0 radical (unpaired) electrons. The molecule has 1 unspecified atom stereocenters. The molecular formula is C31H26N4O4. The number of fused-ring (bicyclic) bond motifs is 2. The molecule has 2 heterocycles. The second-order valence-corrected chi connectivity index (χ2v) is 9.58. The van der Waals surface area contributed by atoms with Crippen molar-refractivity contribution >= 4 is 28.6 Å². The second kappa shape index (κ2) is 10.4. The first kappa shape index (κ1) is 24.4. The average molecular weight is 519 g/mol. The normalized spacial score (nSPS) is 14.5. The minimum atomic E-state index is -0.566. The minimum absolute atomic E-state index is 0.211. The third kappa shape index (κ3) is 4.96. The van der Waals surface area contributed by atoms with Crippen molar-refractivity contribution in [2.75, 3.05) is 11.9 Å². The molecule has 1 atom stereocenters. The Kier molecular flexibility index (Phi) is 6.50. The Labute approximate surface area is 224 Å². The molecule has 0 spiro atoms. The van der Waals surface area contributed by atoms with Gasteiger partial charge in [0.1, 0.15) is 5.82 Å². The summed E-state index contributed by atoms with van der Waals surface area (Å²) in [7, 11) is 0. The first-order chi connectivity index (χ1) is 19.1. The Morgan fingerprint density at radius 1 is 0.974 bits per heavy atom. The quantitative estimate of drug-likeness (QED) is 0.315. The number of hydrogen-bond acceptors (Lipinski definition) is 5. The molecule has 6 rings (SSSR count). The number of esters is 1. The fourth-order valence-electron chi connectivity index (χ4n) is 5.25. The van der Waals surface area contributed by atoms with Crippen molar-refractivity contribution in [3.05, 3.63) is 124 Å². The van der Waals surface area contributed by atoms with Crippen LogP contribution >= 0.6 is 0 Å². The Morgan fingerprint density at radius 3 is 2.49 bits per heavy atom. The van der Waals surface area contributed by atoms with Crippen LogP contribution in [0.2, 0.25) is 0 Å². The Morgan fingerprint density at radius 2 is 1.69 bits per heavy atom. The van der Waals surface area contributed by atoms with E-state index in [0.717, 1.165) is 29.6 Å². The first-order valence-electron chi connectivity index (χ1n) is 12.9. The Balaban J connectivity index is 1.22. The van der Waals surface area contributed by atoms with Crippen molar-refractivity contribution < 1.29 is 14.3 Å². The van der Waals surface area contributed by atoms with Gasteiger partial charge in [-0.05, 0) is 54.5 Å². The van der Waals surface area contributed by atoms with Crippen LogP contribution in [0.25, 0.3) is 16.6 Å². The lowest BCUT2D eigenvalue weighted by molar-refractivity contribution is -0.119. The molecule has 2 N–H and O–H groups in total. The van der Waals surface area contributed by atoms with Gasteiger partial charge in [0.15, 0.2) is 6.61 Å². The van der Waals surface area contributed by atoms with Gasteiger partial charge >= 0.3 is 5.97 Å². The van der Waals surface area contributed by atoms with Gasteiger partial charge in [0, 0.05) is 17.1 Å². The van der Waals surface area contributed by atoms with E-state index in [0.29, 0.717) is 23.1 Å². The fourth-order valence-corrected chi connectivity index (χ4v) is 5.25. The third-order valence-electron chi connectivity index (χ3n) is 7.08. The average Bonchev–Trinajstić information content (AvgIpc) is 3.34. The maximum atomic E-state index is 13.5. The van der Waals surface area contributed by atoms with Crippen LogP contribution in [0.3, 0.4) is 0 Å². The van der Waals surface area contributed by atoms with Crippen LogP contribution in [-0.2, 0) is 22.4 Å². The second-order valence-electron chi connectivity index (χ2n) is 9.58. The van der Waals surface area contributed by atoms with Gasteiger partial charge in [-0.2, -0.15) is 0 Å². The van der Waals surface area contributed by atoms with E-state index < -0.39 is 18.5 Å². The van der Waals surface area contributed by atoms with Gasteiger partial charge in [-0.25, -0.2) is 9.48 Å². The number of hydrogen-bond donors (Lipinski definition) is 2. The summed E-state index contributed by atoms with van der Waals surface area (Å²) in [4.78, 5) is 43.3. The summed E-state index contributed by atoms with van der Waals surface area (Å²) in [6.07, 6.45) is 2.37. The highest BCUT2D eigenvalue weighted by Gasteiger charge is 2.28. The number of carbonyl (C=O) groups excluding carboxylic acids is 2. The van der Waals surface area contributed by atoms with E-state index >= 15 is 0 Å². The number of ether oxygens (including phenoxy) is 1. The maximum absolute atomic E-state index is 13.5. The fraction of sp³-hybridized carbons (Fsp3) is 0.161. The first-order valence-corrected chi connectivity index (χ1v) is 12.9. The minimum Gasteiger partial charge on any atom is -0.452 e. The predicted molar refractivity (Wildman–Crippen MR) is 148 cm³/mol. The number of anilines is 1. The summed E-state index contributed by atoms with van der Waals surface area (Å²) in [5.41, 5.74) is 4.51. The van der Waals surface area contributed by atoms with Crippen molar-refractivity contribution in [1.82, 2.24) is 14.8 Å². The number of aryl methyl sites for hydroxylation is 1. The molecule has 8 heteroatoms. The van der Waals surface area contributed by atoms with Crippen molar-refractivity contribution in [2.24, 2.45) is 0 Å². The molecule has 39 heavy (non-hydrogen) atoms. The number of aromatic amines is 1. The Bertz CT molecular complexity index is 1720. The molecule has 194 valence electrons. The lowest BCUT2D eigenvalue weighted by atomic mass is 9.80. The number of rotatable bonds is 6. The molecule has 1 aliphatic rings. The highest BCUT2D eigenvalue weighted by molar-refractivity contribution is 6.06.